The van der Waals surface area contributed by atoms with Gasteiger partial charge in [0.2, 0.25) is 0 Å². The minimum absolute atomic E-state index is 0.00557. The second-order valence-corrected chi connectivity index (χ2v) is 3.95. The van der Waals surface area contributed by atoms with E-state index in [0.29, 0.717) is 5.01 Å². The van der Waals surface area contributed by atoms with Gasteiger partial charge in [-0.15, -0.1) is 16.5 Å². The number of aliphatic hydroxyl groups is 1. The highest BCUT2D eigenvalue weighted by atomic mass is 35.5. The molecule has 1 heterocycles. The van der Waals surface area contributed by atoms with E-state index in [9.17, 15) is 19.6 Å². The van der Waals surface area contributed by atoms with Crippen LogP contribution in [0.25, 0.3) is 0 Å². The molecule has 96 valence electrons. The zero-order valence-corrected chi connectivity index (χ0v) is 9.58. The molecule has 0 bridgehead atoms. The third-order valence-electron chi connectivity index (χ3n) is 2.43. The van der Waals surface area contributed by atoms with Crippen LogP contribution in [-0.2, 0) is 4.79 Å². The molecule has 17 heavy (non-hydrogen) atoms. The lowest BCUT2D eigenvalue weighted by Crippen LogP contribution is -2.46. The molecule has 1 fully saturated rings. The molecule has 0 aromatic heterocycles. The molecule has 0 aromatic rings. The Morgan fingerprint density at radius 3 is 2.65 bits per heavy atom. The first kappa shape index (κ1) is 13.7. The normalized spacial score (nSPS) is 23.5. The van der Waals surface area contributed by atoms with Gasteiger partial charge in [-0.3, -0.25) is 0 Å². The first-order valence-electron chi connectivity index (χ1n) is 4.89. The molecule has 1 aliphatic rings. The number of nitroso groups, excluding NO2 is 1. The van der Waals surface area contributed by atoms with E-state index in [2.05, 4.69) is 5.29 Å². The molecule has 0 saturated carbocycles. The number of carbonyl (C=O) groups excluding carboxylic acids is 1. The number of aliphatic carboxylic acids is 1. The van der Waals surface area contributed by atoms with Crippen LogP contribution in [0.5, 0.6) is 0 Å². The Morgan fingerprint density at radius 2 is 2.18 bits per heavy atom. The minimum atomic E-state index is -1.23. The standard InChI is InChI=1S/C8H12ClN3O5/c9-1-2-12(10-17)8(16)11-4-5(13)3-6(11)7(14)15/h5-6,13H,1-4H2,(H,14,15)/t5-,6+/m1/s1. The summed E-state index contributed by atoms with van der Waals surface area (Å²) in [7, 11) is 0. The summed E-state index contributed by atoms with van der Waals surface area (Å²) >= 11 is 5.38. The van der Waals surface area contributed by atoms with Crippen LogP contribution in [0.2, 0.25) is 0 Å². The van der Waals surface area contributed by atoms with Crippen LogP contribution in [0.3, 0.4) is 0 Å². The summed E-state index contributed by atoms with van der Waals surface area (Å²) in [4.78, 5) is 33.9. The predicted molar refractivity (Wildman–Crippen MR) is 57.4 cm³/mol. The molecule has 0 aliphatic carbocycles. The van der Waals surface area contributed by atoms with E-state index in [0.717, 1.165) is 4.90 Å². The Kier molecular flexibility index (Phi) is 4.64. The van der Waals surface area contributed by atoms with Crippen LogP contribution < -0.4 is 0 Å². The van der Waals surface area contributed by atoms with E-state index >= 15 is 0 Å². The highest BCUT2D eigenvalue weighted by Crippen LogP contribution is 2.20. The molecule has 1 saturated heterocycles. The number of urea groups is 1. The van der Waals surface area contributed by atoms with Crippen LogP contribution in [0, 0.1) is 4.91 Å². The third-order valence-corrected chi connectivity index (χ3v) is 2.59. The summed E-state index contributed by atoms with van der Waals surface area (Å²) in [5.41, 5.74) is 0. The van der Waals surface area contributed by atoms with Gasteiger partial charge in [-0.25, -0.2) is 9.59 Å². The number of amides is 2. The number of halogens is 1. The number of alkyl halides is 1. The van der Waals surface area contributed by atoms with Crippen molar-refractivity contribution >= 4 is 23.6 Å². The fourth-order valence-corrected chi connectivity index (χ4v) is 1.82. The van der Waals surface area contributed by atoms with E-state index in [4.69, 9.17) is 16.7 Å². The number of likely N-dealkylation sites (tertiary alicyclic amines) is 1. The van der Waals surface area contributed by atoms with Crippen molar-refractivity contribution in [1.29, 1.82) is 0 Å². The van der Waals surface area contributed by atoms with E-state index in [-0.39, 0.29) is 25.4 Å². The number of carboxylic acid groups (broad SMARTS) is 1. The number of carboxylic acids is 1. The van der Waals surface area contributed by atoms with Crippen LogP contribution >= 0.6 is 11.6 Å². The van der Waals surface area contributed by atoms with Gasteiger partial charge < -0.3 is 15.1 Å². The lowest BCUT2D eigenvalue weighted by Gasteiger charge is -2.24. The quantitative estimate of drug-likeness (QED) is 0.417. The molecule has 1 aliphatic heterocycles. The molecule has 9 heteroatoms. The molecule has 0 unspecified atom stereocenters. The van der Waals surface area contributed by atoms with Gasteiger partial charge >= 0.3 is 12.0 Å². The van der Waals surface area contributed by atoms with Crippen LogP contribution in [0.1, 0.15) is 6.42 Å². The number of hydrogen-bond donors (Lipinski definition) is 2. The van der Waals surface area contributed by atoms with Gasteiger partial charge in [-0.05, 0) is 0 Å². The van der Waals surface area contributed by atoms with E-state index in [1.165, 1.54) is 0 Å². The van der Waals surface area contributed by atoms with Gasteiger partial charge in [0, 0.05) is 18.8 Å². The van der Waals surface area contributed by atoms with Crippen molar-refractivity contribution < 1.29 is 19.8 Å². The molecular weight excluding hydrogens is 254 g/mol. The first-order valence-corrected chi connectivity index (χ1v) is 5.43. The number of aliphatic hydroxyl groups excluding tert-OH is 1. The largest absolute Gasteiger partial charge is 0.480 e. The van der Waals surface area contributed by atoms with E-state index in [1.807, 2.05) is 0 Å². The Bertz CT molecular complexity index is 326. The maximum Gasteiger partial charge on any atom is 0.343 e. The van der Waals surface area contributed by atoms with Gasteiger partial charge in [0.1, 0.15) is 6.04 Å². The maximum absolute atomic E-state index is 11.8. The van der Waals surface area contributed by atoms with Crippen molar-refractivity contribution in [3.8, 4) is 0 Å². The van der Waals surface area contributed by atoms with Crippen molar-refractivity contribution in [1.82, 2.24) is 9.91 Å². The molecule has 1 rings (SSSR count). The topological polar surface area (TPSA) is 111 Å². The molecule has 2 amide bonds. The lowest BCUT2D eigenvalue weighted by molar-refractivity contribution is -0.141. The fourth-order valence-electron chi connectivity index (χ4n) is 1.66. The average molecular weight is 266 g/mol. The molecule has 2 atom stereocenters. The zero-order valence-electron chi connectivity index (χ0n) is 8.82. The summed E-state index contributed by atoms with van der Waals surface area (Å²) in [6, 6.07) is -2.00. The van der Waals surface area contributed by atoms with Gasteiger partial charge in [0.15, 0.2) is 0 Å². The SMILES string of the molecule is O=NN(CCCl)C(=O)N1C[C@H](O)C[C@H]1C(=O)O. The summed E-state index contributed by atoms with van der Waals surface area (Å²) in [5.74, 6) is -1.22. The summed E-state index contributed by atoms with van der Waals surface area (Å²) in [5, 5.41) is 21.2. The van der Waals surface area contributed by atoms with Gasteiger partial charge in [0.05, 0.1) is 17.9 Å². The molecule has 8 nitrogen and oxygen atoms in total. The zero-order chi connectivity index (χ0) is 13.0. The number of nitrogens with zero attached hydrogens (tertiary/aromatic N) is 3. The first-order chi connectivity index (χ1) is 8.01. The number of hydrogen-bond acceptors (Lipinski definition) is 5. The van der Waals surface area contributed by atoms with Crippen LogP contribution in [-0.4, -0.2) is 63.2 Å². The number of rotatable bonds is 4. The highest BCUT2D eigenvalue weighted by molar-refractivity contribution is 6.18. The second-order valence-electron chi connectivity index (χ2n) is 3.57. The molecular formula is C8H12ClN3O5. The number of carbonyl (C=O) groups is 2. The third kappa shape index (κ3) is 3.04. The Balaban J connectivity index is 2.78. The maximum atomic E-state index is 11.8. The second kappa shape index (κ2) is 5.78. The van der Waals surface area contributed by atoms with Crippen molar-refractivity contribution in [3.05, 3.63) is 4.91 Å². The van der Waals surface area contributed by atoms with Crippen molar-refractivity contribution in [2.45, 2.75) is 18.6 Å². The predicted octanol–water partition coefficient (Wildman–Crippen LogP) is -0.152. The Morgan fingerprint density at radius 1 is 1.53 bits per heavy atom. The average Bonchev–Trinajstić information content (AvgIpc) is 2.67. The molecule has 0 radical (unpaired) electrons. The van der Waals surface area contributed by atoms with Crippen molar-refractivity contribution in [3.63, 3.8) is 0 Å². The monoisotopic (exact) mass is 265 g/mol. The van der Waals surface area contributed by atoms with Crippen LogP contribution in [0.15, 0.2) is 5.29 Å². The van der Waals surface area contributed by atoms with Gasteiger partial charge in [-0.1, -0.05) is 0 Å². The Hall–Kier alpha value is -1.41. The van der Waals surface area contributed by atoms with E-state index < -0.39 is 24.1 Å². The molecule has 2 N–H and O–H groups in total. The minimum Gasteiger partial charge on any atom is -0.480 e. The van der Waals surface area contributed by atoms with Crippen molar-refractivity contribution in [2.75, 3.05) is 19.0 Å². The van der Waals surface area contributed by atoms with Gasteiger partial charge in [0.25, 0.3) is 0 Å². The molecule has 0 spiro atoms. The smallest absolute Gasteiger partial charge is 0.343 e. The van der Waals surface area contributed by atoms with Crippen molar-refractivity contribution in [2.24, 2.45) is 5.29 Å². The summed E-state index contributed by atoms with van der Waals surface area (Å²) in [6.45, 7) is -0.243. The highest BCUT2D eigenvalue weighted by Gasteiger charge is 2.40. The van der Waals surface area contributed by atoms with Crippen LogP contribution in [0.4, 0.5) is 4.79 Å². The summed E-state index contributed by atoms with van der Waals surface area (Å²) < 4.78 is 0. The van der Waals surface area contributed by atoms with Gasteiger partial charge in [-0.2, -0.15) is 5.01 Å². The summed E-state index contributed by atoms with van der Waals surface area (Å²) in [6.07, 6.45) is -0.973. The number of β-amino-alcohol motifs (C(OH)–C–C–N with tert-alkyl or cyclic N) is 1. The molecule has 0 aromatic carbocycles. The Labute approximate surface area is 102 Å². The van der Waals surface area contributed by atoms with E-state index in [1.54, 1.807) is 0 Å². The fraction of sp³-hybridized carbons (Fsp3) is 0.750. The lowest BCUT2D eigenvalue weighted by atomic mass is 10.2.